The predicted molar refractivity (Wildman–Crippen MR) is 386 cm³/mol. The summed E-state index contributed by atoms with van der Waals surface area (Å²) in [5, 5.41) is 0. The van der Waals surface area contributed by atoms with Crippen LogP contribution in [0.5, 0.6) is 11.5 Å². The number of carbonyl (C=O) groups is 6. The Balaban J connectivity index is 0.000000324. The number of nitrogens with one attached hydrogen (secondary N) is 1. The van der Waals surface area contributed by atoms with Crippen LogP contribution in [0.2, 0.25) is 0 Å². The molecule has 0 fully saturated rings. The molecule has 0 aliphatic rings. The lowest BCUT2D eigenvalue weighted by molar-refractivity contribution is 0.0970. The van der Waals surface area contributed by atoms with Crippen LogP contribution in [0.1, 0.15) is 159 Å². The molecule has 0 aromatic heterocycles. The zero-order valence-corrected chi connectivity index (χ0v) is 60.0. The van der Waals surface area contributed by atoms with Gasteiger partial charge in [0.25, 0.3) is 0 Å². The first-order valence-corrected chi connectivity index (χ1v) is 36.4. The van der Waals surface area contributed by atoms with Crippen molar-refractivity contribution >= 4 is 77.9 Å². The van der Waals surface area contributed by atoms with Crippen molar-refractivity contribution in [2.24, 2.45) is 5.73 Å². The molecule has 0 saturated heterocycles. The third-order valence-electron chi connectivity index (χ3n) is 14.5. The molecule has 15 nitrogen and oxygen atoms in total. The van der Waals surface area contributed by atoms with Gasteiger partial charge in [0.15, 0.2) is 34.7 Å². The number of halogens is 7. The molecule has 8 aromatic rings. The summed E-state index contributed by atoms with van der Waals surface area (Å²) in [7, 11) is -2.75. The Morgan fingerprint density at radius 1 is 0.396 bits per heavy atom. The van der Waals surface area contributed by atoms with Crippen molar-refractivity contribution in [3.05, 3.63) is 263 Å². The van der Waals surface area contributed by atoms with Gasteiger partial charge in [-0.1, -0.05) is 50.1 Å². The van der Waals surface area contributed by atoms with Crippen molar-refractivity contribution in [1.29, 1.82) is 0 Å². The van der Waals surface area contributed by atoms with E-state index in [2.05, 4.69) is 11.6 Å². The van der Waals surface area contributed by atoms with Crippen LogP contribution in [-0.4, -0.2) is 109 Å². The van der Waals surface area contributed by atoms with Gasteiger partial charge in [-0.2, -0.15) is 0 Å². The maximum Gasteiger partial charge on any atom is 0.242 e. The monoisotopic (exact) mass is 1470 g/mol. The topological polar surface area (TPSA) is 230 Å². The molecule has 24 heteroatoms. The number of carbonyl (C=O) groups excluding carboxylic acids is 6. The van der Waals surface area contributed by atoms with Crippen LogP contribution in [0.4, 0.5) is 22.0 Å². The Hall–Kier alpha value is -8.61. The summed E-state index contributed by atoms with van der Waals surface area (Å²) >= 11 is 10.9. The zero-order valence-electron chi connectivity index (χ0n) is 56.9. The Kier molecular flexibility index (Phi) is 41.4. The Bertz CT molecular complexity index is 3940. The highest BCUT2D eigenvalue weighted by atomic mass is 35.5. The minimum Gasteiger partial charge on any atom is -0.497 e. The summed E-state index contributed by atoms with van der Waals surface area (Å²) in [5.74, 6) is 0.450. The Morgan fingerprint density at radius 2 is 0.693 bits per heavy atom. The van der Waals surface area contributed by atoms with Gasteiger partial charge >= 0.3 is 0 Å². The average Bonchev–Trinajstić information content (AvgIpc) is 0.825. The van der Waals surface area contributed by atoms with Gasteiger partial charge in [0, 0.05) is 104 Å². The van der Waals surface area contributed by atoms with E-state index in [1.807, 2.05) is 30.3 Å². The quantitative estimate of drug-likeness (QED) is 0.0169. The summed E-state index contributed by atoms with van der Waals surface area (Å²) < 4.78 is 126. The van der Waals surface area contributed by atoms with E-state index >= 15 is 0 Å². The minimum absolute atomic E-state index is 0.0145. The number of alkyl halides is 2. The normalized spacial score (nSPS) is 10.7. The van der Waals surface area contributed by atoms with Crippen LogP contribution in [0.3, 0.4) is 0 Å². The number of ether oxygens (including phenoxy) is 2. The number of unbranched alkanes of at least 4 members (excludes halogenated alkanes) is 2. The van der Waals surface area contributed by atoms with E-state index in [0.717, 1.165) is 31.2 Å². The van der Waals surface area contributed by atoms with Crippen LogP contribution < -0.4 is 19.9 Å². The molecule has 0 aliphatic carbocycles. The van der Waals surface area contributed by atoms with Crippen molar-refractivity contribution in [2.75, 3.05) is 52.7 Å². The second-order valence-electron chi connectivity index (χ2n) is 22.2. The molecule has 0 amide bonds. The number of benzene rings is 8. The van der Waals surface area contributed by atoms with Crippen LogP contribution in [0.15, 0.2) is 210 Å². The van der Waals surface area contributed by atoms with Gasteiger partial charge in [-0.05, 0) is 215 Å². The van der Waals surface area contributed by atoms with Gasteiger partial charge in [-0.25, -0.2) is 47.8 Å². The van der Waals surface area contributed by atoms with Crippen LogP contribution in [0, 0.1) is 29.1 Å². The van der Waals surface area contributed by atoms with Crippen molar-refractivity contribution in [3.63, 3.8) is 0 Å². The second kappa shape index (κ2) is 48.3. The SMILES string of the molecule is CCCCCC(=O)c1ccc(F)cc1.COc1ccc(S(=O)(=O)N(C)CCCC(=O)c2ccc(F)cc2)cc1.COc1ccc(S(=O)(=O)NCCCC(=O)c2ccc(F)cc2)cc1.NCCCC(=O)c1ccc(F)cc1.O=C(CCCCl)c1ccc(F)cc1.O=C(CCCCl)c1ccccc1. The summed E-state index contributed by atoms with van der Waals surface area (Å²) in [6, 6.07) is 48.9. The summed E-state index contributed by atoms with van der Waals surface area (Å²) in [5.41, 5.74) is 8.59. The van der Waals surface area contributed by atoms with Crippen molar-refractivity contribution < 1.29 is 77.0 Å². The first kappa shape index (κ1) is 86.6. The number of rotatable bonds is 33. The zero-order chi connectivity index (χ0) is 74.6. The molecule has 0 saturated carbocycles. The van der Waals surface area contributed by atoms with Gasteiger partial charge in [-0.3, -0.25) is 28.8 Å². The minimum atomic E-state index is -3.62. The van der Waals surface area contributed by atoms with Gasteiger partial charge < -0.3 is 15.2 Å². The summed E-state index contributed by atoms with van der Waals surface area (Å²) in [4.78, 5) is 69.8. The van der Waals surface area contributed by atoms with E-state index in [9.17, 15) is 67.6 Å². The molecular weight excluding hydrogens is 1390 g/mol. The molecule has 3 N–H and O–H groups in total. The highest BCUT2D eigenvalue weighted by Crippen LogP contribution is 2.21. The molecule has 101 heavy (non-hydrogen) atoms. The maximum atomic E-state index is 12.9. The van der Waals surface area contributed by atoms with Crippen LogP contribution in [0.25, 0.3) is 0 Å². The van der Waals surface area contributed by atoms with Gasteiger partial charge in [0.2, 0.25) is 20.0 Å². The molecule has 0 bridgehead atoms. The van der Waals surface area contributed by atoms with E-state index in [-0.39, 0.29) is 87.9 Å². The van der Waals surface area contributed by atoms with Crippen LogP contribution in [-0.2, 0) is 20.0 Å². The summed E-state index contributed by atoms with van der Waals surface area (Å²) in [6.45, 7) is 2.96. The Morgan fingerprint density at radius 3 is 1.01 bits per heavy atom. The fourth-order valence-corrected chi connectivity index (χ4v) is 11.3. The number of hydrogen-bond acceptors (Lipinski definition) is 13. The first-order chi connectivity index (χ1) is 48.3. The lowest BCUT2D eigenvalue weighted by Crippen LogP contribution is -2.28. The van der Waals surface area contributed by atoms with Crippen molar-refractivity contribution in [1.82, 2.24) is 9.03 Å². The number of ketones is 6. The third-order valence-corrected chi connectivity index (χ3v) is 18.4. The number of sulfonamides is 2. The molecule has 8 aromatic carbocycles. The van der Waals surface area contributed by atoms with Gasteiger partial charge in [0.1, 0.15) is 40.6 Å². The standard InChI is InChI=1S/C18H20FNO4S.C17H18FNO4S.C12H15FO.C10H10ClFO.C10H11ClO.C10H12FNO/c1-20(25(22,23)17-11-9-16(24-2)10-12-17)13-3-4-18(21)14-5-7-15(19)8-6-14;1-23-15-8-10-16(11-9-15)24(21,22)19-12-2-3-17(20)13-4-6-14(18)7-5-13;1-2-3-4-5-12(14)10-6-8-11(13)9-7-10;11-7-1-2-10(13)8-3-5-9(12)6-4-8;11-8-4-7-10(12)9-5-2-1-3-6-9;11-9-5-3-8(4-6-9)10(13)2-1-7-12/h5-12H,3-4,13H2,1-2H3;4-11,19H,2-3,12H2,1H3;6-9H,2-5H2,1H3;3-6H,1-2,7H2;1-3,5-6H,4,7-8H2;3-6H,1-2,7,12H2. The molecular formula is C77H86Cl2F5N3O12S2. The molecule has 542 valence electrons. The molecule has 0 radical (unpaired) electrons. The smallest absolute Gasteiger partial charge is 0.242 e. The molecule has 0 aliphatic heterocycles. The third kappa shape index (κ3) is 34.1. The fraction of sp³-hybridized carbons (Fsp3) is 0.299. The van der Waals surface area contributed by atoms with E-state index in [1.54, 1.807) is 36.4 Å². The number of nitrogens with zero attached hydrogens (tertiary/aromatic N) is 1. The van der Waals surface area contributed by atoms with E-state index in [1.165, 1.54) is 159 Å². The largest absolute Gasteiger partial charge is 0.497 e. The molecule has 0 spiro atoms. The van der Waals surface area contributed by atoms with Gasteiger partial charge in [-0.15, -0.1) is 23.2 Å². The maximum absolute atomic E-state index is 12.9. The summed E-state index contributed by atoms with van der Waals surface area (Å²) in [6.07, 6.45) is 8.28. The highest BCUT2D eigenvalue weighted by molar-refractivity contribution is 7.89. The van der Waals surface area contributed by atoms with E-state index < -0.39 is 31.7 Å². The molecule has 8 rings (SSSR count). The first-order valence-electron chi connectivity index (χ1n) is 32.4. The number of Topliss-reactive ketones (excluding diaryl/α,β-unsaturated/α-hetero) is 6. The van der Waals surface area contributed by atoms with E-state index in [4.69, 9.17) is 38.4 Å². The highest BCUT2D eigenvalue weighted by Gasteiger charge is 2.21. The second-order valence-corrected chi connectivity index (χ2v) is 26.7. The molecule has 0 unspecified atom stereocenters. The Labute approximate surface area is 599 Å². The van der Waals surface area contributed by atoms with E-state index in [0.29, 0.717) is 109 Å². The predicted octanol–water partition coefficient (Wildman–Crippen LogP) is 17.1. The molecule has 0 atom stereocenters. The van der Waals surface area contributed by atoms with Crippen LogP contribution >= 0.6 is 23.2 Å². The van der Waals surface area contributed by atoms with Crippen molar-refractivity contribution in [3.8, 4) is 11.5 Å². The number of hydrogen-bond donors (Lipinski definition) is 2. The number of methoxy groups -OCH3 is 2. The fourth-order valence-electron chi connectivity index (χ4n) is 8.73. The lowest BCUT2D eigenvalue weighted by atomic mass is 10.1. The number of nitrogens with two attached hydrogens (primary N) is 1. The molecule has 0 heterocycles. The lowest BCUT2D eigenvalue weighted by Gasteiger charge is -2.17. The van der Waals surface area contributed by atoms with Gasteiger partial charge in [0.05, 0.1) is 24.0 Å². The van der Waals surface area contributed by atoms with Crippen molar-refractivity contribution in [2.45, 2.75) is 107 Å². The average molecular weight is 1480 g/mol.